The number of tetrazole rings is 1. The van der Waals surface area contributed by atoms with Gasteiger partial charge < -0.3 is 4.74 Å². The topological polar surface area (TPSA) is 52.8 Å². The van der Waals surface area contributed by atoms with Gasteiger partial charge in [0, 0.05) is 6.61 Å². The molecule has 1 aliphatic rings. The van der Waals surface area contributed by atoms with Crippen LogP contribution in [-0.4, -0.2) is 26.8 Å². The Kier molecular flexibility index (Phi) is 2.75. The molecule has 0 radical (unpaired) electrons. The summed E-state index contributed by atoms with van der Waals surface area (Å²) in [4.78, 5) is 1.51. The molecule has 0 unspecified atom stereocenters. The van der Waals surface area contributed by atoms with Crippen LogP contribution in [0.1, 0.15) is 31.3 Å². The lowest BCUT2D eigenvalue weighted by molar-refractivity contribution is -0.0490. The van der Waals surface area contributed by atoms with Crippen molar-refractivity contribution in [3.63, 3.8) is 0 Å². The van der Waals surface area contributed by atoms with Gasteiger partial charge in [0.15, 0.2) is 12.1 Å². The van der Waals surface area contributed by atoms with Crippen LogP contribution in [-0.2, 0) is 10.6 Å². The summed E-state index contributed by atoms with van der Waals surface area (Å²) in [5.74, 6) is 0.850. The summed E-state index contributed by atoms with van der Waals surface area (Å²) in [6.45, 7) is 0.780. The molecule has 0 aliphatic carbocycles. The number of rotatable bonds is 2. The molecule has 0 spiro atoms. The Morgan fingerprint density at radius 2 is 2.46 bits per heavy atom. The monoisotopic (exact) mass is 202 g/mol. The normalized spacial score (nSPS) is 23.3. The van der Waals surface area contributed by atoms with E-state index in [2.05, 4.69) is 15.4 Å². The van der Waals surface area contributed by atoms with Crippen LogP contribution in [0.4, 0.5) is 0 Å². The highest BCUT2D eigenvalue weighted by Crippen LogP contribution is 2.20. The van der Waals surface area contributed by atoms with E-state index in [1.807, 2.05) is 0 Å². The molecule has 5 nitrogen and oxygen atoms in total. The summed E-state index contributed by atoms with van der Waals surface area (Å²) in [6.07, 6.45) is 3.19. The summed E-state index contributed by atoms with van der Waals surface area (Å²) in [5, 5.41) is 11.7. The molecule has 1 atom stereocenters. The predicted octanol–water partition coefficient (Wildman–Crippen LogP) is 1.11. The maximum absolute atomic E-state index is 5.56. The first-order valence-corrected chi connectivity index (χ1v) is 4.89. The van der Waals surface area contributed by atoms with Crippen LogP contribution in [0.5, 0.6) is 0 Å². The smallest absolute Gasteiger partial charge is 0.189 e. The van der Waals surface area contributed by atoms with Crippen LogP contribution < -0.4 is 0 Å². The lowest BCUT2D eigenvalue weighted by atomic mass is 10.2. The van der Waals surface area contributed by atoms with Gasteiger partial charge >= 0.3 is 0 Å². The molecule has 13 heavy (non-hydrogen) atoms. The molecule has 0 bridgehead atoms. The highest BCUT2D eigenvalue weighted by molar-refractivity contribution is 6.16. The Hall–Kier alpha value is -0.680. The average molecular weight is 203 g/mol. The summed E-state index contributed by atoms with van der Waals surface area (Å²) < 4.78 is 5.48. The molecule has 0 aromatic carbocycles. The minimum Gasteiger partial charge on any atom is -0.355 e. The first-order chi connectivity index (χ1) is 6.40. The molecule has 0 N–H and O–H groups in total. The third-order valence-electron chi connectivity index (χ3n) is 2.00. The van der Waals surface area contributed by atoms with Gasteiger partial charge in [-0.25, -0.2) is 0 Å². The third kappa shape index (κ3) is 1.97. The Labute approximate surface area is 81.0 Å². The summed E-state index contributed by atoms with van der Waals surface area (Å²) in [5.41, 5.74) is 0. The van der Waals surface area contributed by atoms with Crippen molar-refractivity contribution in [1.29, 1.82) is 0 Å². The van der Waals surface area contributed by atoms with Crippen molar-refractivity contribution in [2.75, 3.05) is 6.61 Å². The summed E-state index contributed by atoms with van der Waals surface area (Å²) in [7, 11) is 0. The average Bonchev–Trinajstić information content (AvgIpc) is 2.67. The molecule has 2 heterocycles. The van der Waals surface area contributed by atoms with Crippen molar-refractivity contribution in [2.24, 2.45) is 0 Å². The van der Waals surface area contributed by atoms with E-state index < -0.39 is 0 Å². The standard InChI is InChI=1S/C7H11ClN4O/c8-5-6-9-11-12(10-6)7-3-1-2-4-13-7/h7H,1-5H2/t7-/m0/s1. The Morgan fingerprint density at radius 3 is 3.08 bits per heavy atom. The van der Waals surface area contributed by atoms with Gasteiger partial charge in [0.05, 0.1) is 5.88 Å². The largest absolute Gasteiger partial charge is 0.355 e. The molecule has 72 valence electrons. The molecule has 2 rings (SSSR count). The van der Waals surface area contributed by atoms with Gasteiger partial charge in [-0.3, -0.25) is 0 Å². The first-order valence-electron chi connectivity index (χ1n) is 4.36. The highest BCUT2D eigenvalue weighted by atomic mass is 35.5. The molecule has 1 aromatic rings. The molecule has 0 amide bonds. The van der Waals surface area contributed by atoms with Crippen LogP contribution in [0, 0.1) is 0 Å². The van der Waals surface area contributed by atoms with Crippen LogP contribution in [0.15, 0.2) is 0 Å². The molecular formula is C7H11ClN4O. The molecule has 1 aliphatic heterocycles. The molecule has 0 saturated carbocycles. The number of ether oxygens (including phenoxy) is 1. The summed E-state index contributed by atoms with van der Waals surface area (Å²) in [6, 6.07) is 0. The second-order valence-corrected chi connectivity index (χ2v) is 3.25. The number of hydrogen-bond donors (Lipinski definition) is 0. The minimum atomic E-state index is -0.0433. The van der Waals surface area contributed by atoms with Crippen LogP contribution >= 0.6 is 11.6 Å². The fourth-order valence-electron chi connectivity index (χ4n) is 1.34. The maximum atomic E-state index is 5.56. The zero-order valence-corrected chi connectivity index (χ0v) is 7.94. The fraction of sp³-hybridized carbons (Fsp3) is 0.857. The van der Waals surface area contributed by atoms with Gasteiger partial charge in [-0.15, -0.1) is 26.6 Å². The van der Waals surface area contributed by atoms with Gasteiger partial charge in [-0.05, 0) is 24.5 Å². The minimum absolute atomic E-state index is 0.0433. The van der Waals surface area contributed by atoms with Gasteiger partial charge in [0.2, 0.25) is 0 Å². The van der Waals surface area contributed by atoms with E-state index in [1.165, 1.54) is 4.80 Å². The zero-order chi connectivity index (χ0) is 9.10. The van der Waals surface area contributed by atoms with Crippen LogP contribution in [0.25, 0.3) is 0 Å². The lowest BCUT2D eigenvalue weighted by Crippen LogP contribution is -2.20. The van der Waals surface area contributed by atoms with E-state index in [4.69, 9.17) is 16.3 Å². The predicted molar refractivity (Wildman–Crippen MR) is 46.2 cm³/mol. The second-order valence-electron chi connectivity index (χ2n) is 2.98. The Bertz CT molecular complexity index is 271. The fourth-order valence-corrected chi connectivity index (χ4v) is 1.44. The molecule has 1 saturated heterocycles. The van der Waals surface area contributed by atoms with Gasteiger partial charge in [-0.2, -0.15) is 0 Å². The summed E-state index contributed by atoms with van der Waals surface area (Å²) >= 11 is 5.56. The van der Waals surface area contributed by atoms with Gasteiger partial charge in [-0.1, -0.05) is 0 Å². The van der Waals surface area contributed by atoms with Crippen molar-refractivity contribution in [3.05, 3.63) is 5.82 Å². The van der Waals surface area contributed by atoms with E-state index in [-0.39, 0.29) is 6.23 Å². The van der Waals surface area contributed by atoms with Gasteiger partial charge in [0.1, 0.15) is 0 Å². The first kappa shape index (κ1) is 8.90. The number of halogens is 1. The van der Waals surface area contributed by atoms with Crippen molar-refractivity contribution in [2.45, 2.75) is 31.4 Å². The number of aromatic nitrogens is 4. The molecule has 1 aromatic heterocycles. The van der Waals surface area contributed by atoms with Crippen molar-refractivity contribution in [1.82, 2.24) is 20.2 Å². The number of nitrogens with zero attached hydrogens (tertiary/aromatic N) is 4. The van der Waals surface area contributed by atoms with Crippen LogP contribution in [0.3, 0.4) is 0 Å². The number of hydrogen-bond acceptors (Lipinski definition) is 4. The van der Waals surface area contributed by atoms with E-state index in [9.17, 15) is 0 Å². The quantitative estimate of drug-likeness (QED) is 0.675. The van der Waals surface area contributed by atoms with E-state index in [0.29, 0.717) is 11.7 Å². The SMILES string of the molecule is ClCc1nnn([C@@H]2CCCCO2)n1. The van der Waals surface area contributed by atoms with E-state index in [0.717, 1.165) is 25.9 Å². The Balaban J connectivity index is 2.05. The second kappa shape index (κ2) is 4.02. The third-order valence-corrected chi connectivity index (χ3v) is 2.24. The highest BCUT2D eigenvalue weighted by Gasteiger charge is 2.18. The van der Waals surface area contributed by atoms with E-state index >= 15 is 0 Å². The maximum Gasteiger partial charge on any atom is 0.189 e. The lowest BCUT2D eigenvalue weighted by Gasteiger charge is -2.20. The zero-order valence-electron chi connectivity index (χ0n) is 7.19. The Morgan fingerprint density at radius 1 is 1.54 bits per heavy atom. The van der Waals surface area contributed by atoms with Crippen molar-refractivity contribution in [3.8, 4) is 0 Å². The molecular weight excluding hydrogens is 192 g/mol. The van der Waals surface area contributed by atoms with Crippen molar-refractivity contribution < 1.29 is 4.74 Å². The molecule has 1 fully saturated rings. The molecule has 6 heteroatoms. The van der Waals surface area contributed by atoms with Crippen molar-refractivity contribution >= 4 is 11.6 Å². The van der Waals surface area contributed by atoms with Crippen LogP contribution in [0.2, 0.25) is 0 Å². The number of alkyl halides is 1. The van der Waals surface area contributed by atoms with Gasteiger partial charge in [0.25, 0.3) is 0 Å². The van der Waals surface area contributed by atoms with E-state index in [1.54, 1.807) is 0 Å².